The van der Waals surface area contributed by atoms with E-state index in [0.717, 1.165) is 18.6 Å². The SMILES string of the molecule is CCCSc1nc(O)c(CC)c(=O)n1[C@@H](C)CC. The highest BCUT2D eigenvalue weighted by Crippen LogP contribution is 2.23. The van der Waals surface area contributed by atoms with E-state index in [4.69, 9.17) is 0 Å². The van der Waals surface area contributed by atoms with E-state index in [-0.39, 0.29) is 17.5 Å². The van der Waals surface area contributed by atoms with Crippen molar-refractivity contribution in [3.63, 3.8) is 0 Å². The number of aromatic hydroxyl groups is 1. The second kappa shape index (κ2) is 6.83. The van der Waals surface area contributed by atoms with Gasteiger partial charge < -0.3 is 5.11 Å². The van der Waals surface area contributed by atoms with E-state index < -0.39 is 0 Å². The summed E-state index contributed by atoms with van der Waals surface area (Å²) in [6.07, 6.45) is 2.39. The summed E-state index contributed by atoms with van der Waals surface area (Å²) in [7, 11) is 0. The zero-order valence-electron chi connectivity index (χ0n) is 11.6. The van der Waals surface area contributed by atoms with E-state index in [0.29, 0.717) is 17.1 Å². The summed E-state index contributed by atoms with van der Waals surface area (Å²) in [6.45, 7) is 8.00. The van der Waals surface area contributed by atoms with Crippen LogP contribution in [0, 0.1) is 0 Å². The monoisotopic (exact) mass is 270 g/mol. The largest absolute Gasteiger partial charge is 0.493 e. The highest BCUT2D eigenvalue weighted by Gasteiger charge is 2.18. The third kappa shape index (κ3) is 3.07. The number of aromatic nitrogens is 2. The molecule has 102 valence electrons. The van der Waals surface area contributed by atoms with Crippen LogP contribution in [0.2, 0.25) is 0 Å². The molecule has 0 aliphatic rings. The Bertz CT molecular complexity index is 457. The van der Waals surface area contributed by atoms with E-state index in [2.05, 4.69) is 11.9 Å². The van der Waals surface area contributed by atoms with Gasteiger partial charge in [0.25, 0.3) is 5.56 Å². The number of hydrogen-bond donors (Lipinski definition) is 1. The van der Waals surface area contributed by atoms with Crippen molar-refractivity contribution < 1.29 is 5.11 Å². The molecule has 0 aliphatic heterocycles. The van der Waals surface area contributed by atoms with Crippen LogP contribution in [0.3, 0.4) is 0 Å². The predicted molar refractivity (Wildman–Crippen MR) is 75.6 cm³/mol. The molecule has 1 heterocycles. The molecule has 0 amide bonds. The summed E-state index contributed by atoms with van der Waals surface area (Å²) in [6, 6.07) is 0.107. The first-order valence-electron chi connectivity index (χ1n) is 6.53. The first-order valence-corrected chi connectivity index (χ1v) is 7.52. The second-order valence-corrected chi connectivity index (χ2v) is 5.39. The van der Waals surface area contributed by atoms with Crippen molar-refractivity contribution in [1.29, 1.82) is 0 Å². The Balaban J connectivity index is 3.36. The molecule has 0 saturated heterocycles. The van der Waals surface area contributed by atoms with Crippen molar-refractivity contribution in [3.05, 3.63) is 15.9 Å². The zero-order valence-corrected chi connectivity index (χ0v) is 12.4. The fraction of sp³-hybridized carbons (Fsp3) is 0.692. The number of thioether (sulfide) groups is 1. The molecule has 1 rings (SSSR count). The van der Waals surface area contributed by atoms with Crippen molar-refractivity contribution in [2.24, 2.45) is 0 Å². The van der Waals surface area contributed by atoms with Crippen LogP contribution in [0.4, 0.5) is 0 Å². The molecule has 18 heavy (non-hydrogen) atoms. The van der Waals surface area contributed by atoms with Gasteiger partial charge in [-0.2, -0.15) is 4.98 Å². The predicted octanol–water partition coefficient (Wildman–Crippen LogP) is 2.98. The summed E-state index contributed by atoms with van der Waals surface area (Å²) in [5, 5.41) is 10.4. The van der Waals surface area contributed by atoms with Crippen LogP contribution in [-0.4, -0.2) is 20.4 Å². The lowest BCUT2D eigenvalue weighted by atomic mass is 10.2. The lowest BCUT2D eigenvalue weighted by molar-refractivity contribution is 0.402. The number of hydrogen-bond acceptors (Lipinski definition) is 4. The first kappa shape index (κ1) is 15.1. The fourth-order valence-corrected chi connectivity index (χ4v) is 2.66. The van der Waals surface area contributed by atoms with Crippen LogP contribution in [0.25, 0.3) is 0 Å². The third-order valence-electron chi connectivity index (χ3n) is 2.97. The normalized spacial score (nSPS) is 12.7. The molecule has 5 heteroatoms. The molecule has 0 aromatic carbocycles. The zero-order chi connectivity index (χ0) is 13.7. The third-order valence-corrected chi connectivity index (χ3v) is 4.13. The van der Waals surface area contributed by atoms with E-state index in [1.54, 1.807) is 4.57 Å². The Morgan fingerprint density at radius 1 is 1.39 bits per heavy atom. The van der Waals surface area contributed by atoms with Crippen molar-refractivity contribution in [2.75, 3.05) is 5.75 Å². The molecular formula is C13H22N2O2S. The van der Waals surface area contributed by atoms with Gasteiger partial charge in [0.15, 0.2) is 5.16 Å². The Morgan fingerprint density at radius 3 is 2.56 bits per heavy atom. The quantitative estimate of drug-likeness (QED) is 0.638. The second-order valence-electron chi connectivity index (χ2n) is 4.33. The van der Waals surface area contributed by atoms with Gasteiger partial charge in [0.1, 0.15) is 0 Å². The summed E-state index contributed by atoms with van der Waals surface area (Å²) < 4.78 is 1.72. The summed E-state index contributed by atoms with van der Waals surface area (Å²) in [5.41, 5.74) is 0.314. The van der Waals surface area contributed by atoms with Crippen LogP contribution in [-0.2, 0) is 6.42 Å². The van der Waals surface area contributed by atoms with Gasteiger partial charge in [-0.3, -0.25) is 9.36 Å². The molecule has 0 spiro atoms. The maximum absolute atomic E-state index is 12.4. The molecule has 0 fully saturated rings. The Kier molecular flexibility index (Phi) is 5.72. The van der Waals surface area contributed by atoms with Crippen LogP contribution in [0.1, 0.15) is 52.1 Å². The van der Waals surface area contributed by atoms with Gasteiger partial charge in [-0.1, -0.05) is 32.5 Å². The summed E-state index contributed by atoms with van der Waals surface area (Å²) >= 11 is 1.53. The molecule has 1 N–H and O–H groups in total. The smallest absolute Gasteiger partial charge is 0.261 e. The maximum Gasteiger partial charge on any atom is 0.261 e. The van der Waals surface area contributed by atoms with Gasteiger partial charge in [-0.05, 0) is 26.2 Å². The van der Waals surface area contributed by atoms with Crippen molar-refractivity contribution in [1.82, 2.24) is 9.55 Å². The van der Waals surface area contributed by atoms with E-state index in [9.17, 15) is 9.90 Å². The molecule has 0 radical (unpaired) electrons. The van der Waals surface area contributed by atoms with Crippen LogP contribution >= 0.6 is 11.8 Å². The molecule has 1 aromatic rings. The minimum Gasteiger partial charge on any atom is -0.493 e. The first-order chi connectivity index (χ1) is 8.56. The lowest BCUT2D eigenvalue weighted by Crippen LogP contribution is -2.28. The minimum absolute atomic E-state index is 0.0991. The lowest BCUT2D eigenvalue weighted by Gasteiger charge is -2.18. The van der Waals surface area contributed by atoms with Gasteiger partial charge in [0.2, 0.25) is 5.88 Å². The molecule has 0 aliphatic carbocycles. The molecular weight excluding hydrogens is 248 g/mol. The molecule has 0 bridgehead atoms. The summed E-state index contributed by atoms with van der Waals surface area (Å²) in [4.78, 5) is 16.5. The maximum atomic E-state index is 12.4. The van der Waals surface area contributed by atoms with Crippen molar-refractivity contribution in [2.45, 2.75) is 58.2 Å². The van der Waals surface area contributed by atoms with Gasteiger partial charge in [-0.25, -0.2) is 0 Å². The van der Waals surface area contributed by atoms with Gasteiger partial charge in [-0.15, -0.1) is 0 Å². The molecule has 1 aromatic heterocycles. The van der Waals surface area contributed by atoms with Crippen LogP contribution < -0.4 is 5.56 Å². The van der Waals surface area contributed by atoms with Crippen molar-refractivity contribution >= 4 is 11.8 Å². The molecule has 0 unspecified atom stereocenters. The number of nitrogens with zero attached hydrogens (tertiary/aromatic N) is 2. The number of rotatable bonds is 6. The highest BCUT2D eigenvalue weighted by molar-refractivity contribution is 7.99. The molecule has 1 atom stereocenters. The minimum atomic E-state index is -0.111. The standard InChI is InChI=1S/C13H22N2O2S/c1-5-8-18-13-14-11(16)10(7-3)12(17)15(13)9(4)6-2/h9,16H,5-8H2,1-4H3/t9-/m0/s1. The van der Waals surface area contributed by atoms with Gasteiger partial charge in [0.05, 0.1) is 5.56 Å². The summed E-state index contributed by atoms with van der Waals surface area (Å²) in [5.74, 6) is 0.786. The molecule has 0 saturated carbocycles. The molecule has 4 nitrogen and oxygen atoms in total. The highest BCUT2D eigenvalue weighted by atomic mass is 32.2. The van der Waals surface area contributed by atoms with E-state index in [1.165, 1.54) is 11.8 Å². The topological polar surface area (TPSA) is 55.1 Å². The Labute approximate surface area is 112 Å². The Hall–Kier alpha value is -0.970. The van der Waals surface area contributed by atoms with E-state index >= 15 is 0 Å². The average Bonchev–Trinajstić information content (AvgIpc) is 2.35. The van der Waals surface area contributed by atoms with Gasteiger partial charge in [0, 0.05) is 11.8 Å². The van der Waals surface area contributed by atoms with Crippen LogP contribution in [0.5, 0.6) is 5.88 Å². The average molecular weight is 270 g/mol. The van der Waals surface area contributed by atoms with Gasteiger partial charge >= 0.3 is 0 Å². The van der Waals surface area contributed by atoms with E-state index in [1.807, 2.05) is 20.8 Å². The fourth-order valence-electron chi connectivity index (χ4n) is 1.72. The van der Waals surface area contributed by atoms with Crippen molar-refractivity contribution in [3.8, 4) is 5.88 Å². The van der Waals surface area contributed by atoms with Crippen LogP contribution in [0.15, 0.2) is 9.95 Å². The Morgan fingerprint density at radius 2 is 2.06 bits per heavy atom.